The van der Waals surface area contributed by atoms with Gasteiger partial charge in [0.15, 0.2) is 6.73 Å². The van der Waals surface area contributed by atoms with E-state index in [0.717, 1.165) is 23.1 Å². The summed E-state index contributed by atoms with van der Waals surface area (Å²) < 4.78 is 50.4. The normalized spacial score (nSPS) is 14.1. The van der Waals surface area contributed by atoms with Crippen LogP contribution >= 0.6 is 11.6 Å². The molecule has 4 rings (SSSR count). The molecule has 8 heteroatoms. The predicted octanol–water partition coefficient (Wildman–Crippen LogP) is 5.38. The van der Waals surface area contributed by atoms with Crippen molar-refractivity contribution < 1.29 is 22.3 Å². The summed E-state index contributed by atoms with van der Waals surface area (Å²) in [7, 11) is 0. The fourth-order valence-corrected chi connectivity index (χ4v) is 3.61. The first kappa shape index (κ1) is 18.7. The van der Waals surface area contributed by atoms with Gasteiger partial charge in [-0.1, -0.05) is 18.5 Å². The first-order valence-electron chi connectivity index (χ1n) is 8.61. The highest BCUT2D eigenvalue weighted by Crippen LogP contribution is 2.39. The zero-order chi connectivity index (χ0) is 20.1. The lowest BCUT2D eigenvalue weighted by Gasteiger charge is -2.32. The van der Waals surface area contributed by atoms with Gasteiger partial charge in [0.05, 0.1) is 28.4 Å². The Morgan fingerprint density at radius 3 is 2.68 bits per heavy atom. The van der Waals surface area contributed by atoms with Gasteiger partial charge in [0.1, 0.15) is 11.3 Å². The lowest BCUT2D eigenvalue weighted by molar-refractivity contribution is -0.137. The Bertz CT molecular complexity index is 1120. The lowest BCUT2D eigenvalue weighted by Crippen LogP contribution is -2.32. The van der Waals surface area contributed by atoms with Gasteiger partial charge in [-0.05, 0) is 42.3 Å². The fraction of sp³-hybridized carbons (Fsp3) is 0.250. The number of ether oxygens (including phenoxy) is 1. The van der Waals surface area contributed by atoms with Crippen molar-refractivity contribution in [2.24, 2.45) is 0 Å². The average molecular weight is 410 g/mol. The van der Waals surface area contributed by atoms with Crippen molar-refractivity contribution in [2.45, 2.75) is 26.1 Å². The minimum atomic E-state index is -4.48. The van der Waals surface area contributed by atoms with E-state index < -0.39 is 17.4 Å². The molecule has 3 aromatic rings. The highest BCUT2D eigenvalue weighted by Gasteiger charge is 2.32. The number of hydrogen-bond donors (Lipinski definition) is 0. The SMILES string of the molecule is CCc1cc(=O)oc2c3c(ccc12)OCN(c1cc(C(F)(F)F)ccc1Cl)C3. The Balaban J connectivity index is 1.82. The van der Waals surface area contributed by atoms with E-state index in [1.165, 1.54) is 12.1 Å². The molecule has 2 heterocycles. The number of aryl methyl sites for hydroxylation is 1. The molecule has 1 aliphatic heterocycles. The van der Waals surface area contributed by atoms with Crippen molar-refractivity contribution >= 4 is 28.3 Å². The van der Waals surface area contributed by atoms with Crippen LogP contribution in [0.5, 0.6) is 5.75 Å². The van der Waals surface area contributed by atoms with Gasteiger partial charge in [-0.25, -0.2) is 4.79 Å². The molecule has 0 fully saturated rings. The molecule has 0 unspecified atom stereocenters. The molecule has 0 saturated carbocycles. The number of rotatable bonds is 2. The van der Waals surface area contributed by atoms with E-state index in [9.17, 15) is 18.0 Å². The Hall–Kier alpha value is -2.67. The van der Waals surface area contributed by atoms with Crippen molar-refractivity contribution in [1.29, 1.82) is 0 Å². The third-order valence-corrected chi connectivity index (χ3v) is 5.10. The summed E-state index contributed by atoms with van der Waals surface area (Å²) in [5, 5.41) is 0.956. The Labute approximate surface area is 163 Å². The maximum absolute atomic E-state index is 13.1. The number of anilines is 1. The highest BCUT2D eigenvalue weighted by atomic mass is 35.5. The van der Waals surface area contributed by atoms with Gasteiger partial charge in [0.25, 0.3) is 0 Å². The maximum atomic E-state index is 13.1. The smallest absolute Gasteiger partial charge is 0.416 e. The first-order chi connectivity index (χ1) is 13.3. The number of halogens is 4. The predicted molar refractivity (Wildman–Crippen MR) is 100.0 cm³/mol. The Kier molecular flexibility index (Phi) is 4.50. The molecule has 0 N–H and O–H groups in total. The molecular weight excluding hydrogens is 395 g/mol. The molecular formula is C20H15ClF3NO3. The van der Waals surface area contributed by atoms with Crippen molar-refractivity contribution in [3.63, 3.8) is 0 Å². The van der Waals surface area contributed by atoms with Crippen LogP contribution in [-0.2, 0) is 19.1 Å². The van der Waals surface area contributed by atoms with Gasteiger partial charge in [0.2, 0.25) is 0 Å². The Morgan fingerprint density at radius 2 is 1.96 bits per heavy atom. The van der Waals surface area contributed by atoms with Crippen molar-refractivity contribution in [2.75, 3.05) is 11.6 Å². The van der Waals surface area contributed by atoms with Crippen LogP contribution in [0.25, 0.3) is 11.0 Å². The molecule has 1 aromatic heterocycles. The number of hydrogen-bond acceptors (Lipinski definition) is 4. The second-order valence-electron chi connectivity index (χ2n) is 6.50. The van der Waals surface area contributed by atoms with Crippen molar-refractivity contribution in [3.8, 4) is 5.75 Å². The van der Waals surface area contributed by atoms with Gasteiger partial charge in [0, 0.05) is 11.5 Å². The third-order valence-electron chi connectivity index (χ3n) is 4.78. The number of alkyl halides is 3. The average Bonchev–Trinajstić information content (AvgIpc) is 2.66. The fourth-order valence-electron chi connectivity index (χ4n) is 3.38. The van der Waals surface area contributed by atoms with E-state index in [2.05, 4.69) is 0 Å². The largest absolute Gasteiger partial charge is 0.473 e. The zero-order valence-corrected chi connectivity index (χ0v) is 15.5. The van der Waals surface area contributed by atoms with Gasteiger partial charge in [-0.15, -0.1) is 0 Å². The molecule has 0 radical (unpaired) electrons. The number of benzene rings is 2. The minimum absolute atomic E-state index is 0.0250. The van der Waals surface area contributed by atoms with Crippen LogP contribution in [0, 0.1) is 0 Å². The van der Waals surface area contributed by atoms with Crippen LogP contribution in [0.1, 0.15) is 23.6 Å². The molecule has 1 aliphatic rings. The summed E-state index contributed by atoms with van der Waals surface area (Å²) in [5.74, 6) is 0.531. The van der Waals surface area contributed by atoms with Crippen LogP contribution in [0.3, 0.4) is 0 Å². The molecule has 0 amide bonds. The molecule has 0 saturated heterocycles. The third kappa shape index (κ3) is 3.20. The number of fused-ring (bicyclic) bond motifs is 3. The van der Waals surface area contributed by atoms with Crippen LogP contribution in [-0.4, -0.2) is 6.73 Å². The summed E-state index contributed by atoms with van der Waals surface area (Å²) in [6.45, 7) is 2.15. The van der Waals surface area contributed by atoms with Gasteiger partial charge < -0.3 is 14.1 Å². The second kappa shape index (κ2) is 6.74. The molecule has 0 bridgehead atoms. The van der Waals surface area contributed by atoms with E-state index in [4.69, 9.17) is 20.8 Å². The Morgan fingerprint density at radius 1 is 1.18 bits per heavy atom. The maximum Gasteiger partial charge on any atom is 0.416 e. The number of nitrogens with zero attached hydrogens (tertiary/aromatic N) is 1. The molecule has 4 nitrogen and oxygen atoms in total. The van der Waals surface area contributed by atoms with E-state index >= 15 is 0 Å². The summed E-state index contributed by atoms with van der Waals surface area (Å²) in [5.41, 5.74) is 0.748. The molecule has 0 atom stereocenters. The second-order valence-corrected chi connectivity index (χ2v) is 6.91. The van der Waals surface area contributed by atoms with Crippen molar-refractivity contribution in [1.82, 2.24) is 0 Å². The highest BCUT2D eigenvalue weighted by molar-refractivity contribution is 6.33. The quantitative estimate of drug-likeness (QED) is 0.533. The van der Waals surface area contributed by atoms with E-state index in [-0.39, 0.29) is 24.0 Å². The van der Waals surface area contributed by atoms with Crippen LogP contribution in [0.2, 0.25) is 5.02 Å². The van der Waals surface area contributed by atoms with Gasteiger partial charge in [-0.2, -0.15) is 13.2 Å². The molecule has 146 valence electrons. The summed E-state index contributed by atoms with van der Waals surface area (Å²) in [6.07, 6.45) is -3.84. The van der Waals surface area contributed by atoms with Gasteiger partial charge >= 0.3 is 11.8 Å². The molecule has 0 aliphatic carbocycles. The molecule has 28 heavy (non-hydrogen) atoms. The summed E-state index contributed by atoms with van der Waals surface area (Å²) in [4.78, 5) is 13.5. The van der Waals surface area contributed by atoms with E-state index in [1.807, 2.05) is 13.0 Å². The van der Waals surface area contributed by atoms with E-state index in [0.29, 0.717) is 23.3 Å². The standard InChI is InChI=1S/C20H15ClF3NO3/c1-2-11-7-18(26)28-19-13(11)4-6-17-14(19)9-25(10-27-17)16-8-12(20(22,23)24)3-5-15(16)21/h3-8H,2,9-10H2,1H3. The first-order valence-corrected chi connectivity index (χ1v) is 8.99. The van der Waals surface area contributed by atoms with Gasteiger partial charge in [-0.3, -0.25) is 0 Å². The van der Waals surface area contributed by atoms with Crippen molar-refractivity contribution in [3.05, 3.63) is 68.5 Å². The zero-order valence-electron chi connectivity index (χ0n) is 14.8. The molecule has 0 spiro atoms. The van der Waals surface area contributed by atoms with E-state index in [1.54, 1.807) is 11.0 Å². The van der Waals surface area contributed by atoms with Crippen LogP contribution < -0.4 is 15.3 Å². The summed E-state index contributed by atoms with van der Waals surface area (Å²) in [6, 6.07) is 8.19. The topological polar surface area (TPSA) is 42.7 Å². The monoisotopic (exact) mass is 409 g/mol. The van der Waals surface area contributed by atoms with Crippen LogP contribution in [0.4, 0.5) is 18.9 Å². The molecule has 2 aromatic carbocycles. The summed E-state index contributed by atoms with van der Waals surface area (Å²) >= 11 is 6.16. The van der Waals surface area contributed by atoms with Crippen LogP contribution in [0.15, 0.2) is 45.6 Å². The minimum Gasteiger partial charge on any atom is -0.473 e. The lowest BCUT2D eigenvalue weighted by atomic mass is 10.0.